The van der Waals surface area contributed by atoms with Crippen LogP contribution >= 0.6 is 31.9 Å². The first-order valence-corrected chi connectivity index (χ1v) is 15.8. The Morgan fingerprint density at radius 1 is 0.909 bits per heavy atom. The zero-order valence-electron chi connectivity index (χ0n) is 23.7. The van der Waals surface area contributed by atoms with Gasteiger partial charge in [-0.05, 0) is 77.4 Å². The van der Waals surface area contributed by atoms with E-state index in [9.17, 15) is 4.79 Å². The van der Waals surface area contributed by atoms with Crippen LogP contribution < -0.4 is 19.5 Å². The van der Waals surface area contributed by atoms with Crippen LogP contribution in [0.2, 0.25) is 0 Å². The van der Waals surface area contributed by atoms with Gasteiger partial charge in [0.1, 0.15) is 5.75 Å². The van der Waals surface area contributed by atoms with Crippen molar-refractivity contribution in [3.63, 3.8) is 0 Å². The maximum Gasteiger partial charge on any atom is 0.252 e. The van der Waals surface area contributed by atoms with Gasteiger partial charge >= 0.3 is 0 Å². The third-order valence-corrected chi connectivity index (χ3v) is 8.54. The second kappa shape index (κ2) is 13.4. The summed E-state index contributed by atoms with van der Waals surface area (Å²) < 4.78 is 25.2. The molecule has 0 aromatic heterocycles. The van der Waals surface area contributed by atoms with Crippen molar-refractivity contribution in [1.82, 2.24) is 5.32 Å². The van der Waals surface area contributed by atoms with Crippen LogP contribution in [-0.4, -0.2) is 42.5 Å². The van der Waals surface area contributed by atoms with Gasteiger partial charge in [-0.3, -0.25) is 4.79 Å². The Labute approximate surface area is 272 Å². The fraction of sp³-hybridized carbons (Fsp3) is 0.235. The fourth-order valence-electron chi connectivity index (χ4n) is 5.22. The highest BCUT2D eigenvalue weighted by atomic mass is 79.9. The number of benzene rings is 4. The molecule has 226 valence electrons. The van der Waals surface area contributed by atoms with E-state index < -0.39 is 11.6 Å². The van der Waals surface area contributed by atoms with Crippen LogP contribution in [0.15, 0.2) is 105 Å². The zero-order valence-corrected chi connectivity index (χ0v) is 26.8. The predicted octanol–water partition coefficient (Wildman–Crippen LogP) is 6.52. The van der Waals surface area contributed by atoms with E-state index >= 15 is 0 Å². The van der Waals surface area contributed by atoms with Crippen molar-refractivity contribution < 1.29 is 28.8 Å². The van der Waals surface area contributed by atoms with Gasteiger partial charge in [-0.25, -0.2) is 4.99 Å². The highest BCUT2D eigenvalue weighted by Gasteiger charge is 2.53. The lowest BCUT2D eigenvalue weighted by molar-refractivity contribution is -0.129. The number of nitrogens with zero attached hydrogens (tertiary/aromatic N) is 1. The number of carbonyl (C=O) groups is 1. The molecule has 0 spiro atoms. The van der Waals surface area contributed by atoms with Gasteiger partial charge in [0.2, 0.25) is 12.7 Å². The Bertz CT molecular complexity index is 1640. The van der Waals surface area contributed by atoms with Crippen LogP contribution in [0, 0.1) is 0 Å². The van der Waals surface area contributed by atoms with Crippen LogP contribution in [0.1, 0.15) is 34.8 Å². The Balaban J connectivity index is 1.37. The average molecular weight is 722 g/mol. The minimum atomic E-state index is -1.32. The predicted molar refractivity (Wildman–Crippen MR) is 173 cm³/mol. The number of hydrogen-bond acceptors (Lipinski definition) is 7. The summed E-state index contributed by atoms with van der Waals surface area (Å²) in [5.74, 6) is 2.13. The highest BCUT2D eigenvalue weighted by Crippen LogP contribution is 2.43. The molecule has 2 atom stereocenters. The monoisotopic (exact) mass is 720 g/mol. The number of aliphatic hydroxyl groups excluding tert-OH is 1. The van der Waals surface area contributed by atoms with Crippen LogP contribution in [0.5, 0.6) is 17.2 Å². The number of carbonyl (C=O) groups excluding carboxylic acids is 1. The van der Waals surface area contributed by atoms with E-state index in [1.807, 2.05) is 91.0 Å². The Morgan fingerprint density at radius 3 is 2.32 bits per heavy atom. The lowest BCUT2D eigenvalue weighted by Gasteiger charge is -2.31. The van der Waals surface area contributed by atoms with Crippen molar-refractivity contribution >= 4 is 43.7 Å². The molecule has 2 aliphatic heterocycles. The number of fused-ring (bicyclic) bond motifs is 1. The Kier molecular flexibility index (Phi) is 9.20. The van der Waals surface area contributed by atoms with Crippen molar-refractivity contribution in [2.45, 2.75) is 31.0 Å². The molecule has 6 rings (SSSR count). The minimum absolute atomic E-state index is 0.0668. The summed E-state index contributed by atoms with van der Waals surface area (Å²) in [6.07, 6.45) is 0.151. The first kappa shape index (κ1) is 30.2. The molecule has 2 heterocycles. The quantitative estimate of drug-likeness (QED) is 0.171. The Morgan fingerprint density at radius 2 is 1.59 bits per heavy atom. The first-order chi connectivity index (χ1) is 21.4. The second-order valence-corrected chi connectivity index (χ2v) is 12.3. The topological polar surface area (TPSA) is 98.6 Å². The number of rotatable bonds is 11. The van der Waals surface area contributed by atoms with E-state index in [0.29, 0.717) is 42.6 Å². The number of halogens is 2. The highest BCUT2D eigenvalue weighted by molar-refractivity contribution is 9.10. The van der Waals surface area contributed by atoms with Crippen LogP contribution in [0.3, 0.4) is 0 Å². The van der Waals surface area contributed by atoms with E-state index in [4.69, 9.17) is 29.0 Å². The van der Waals surface area contributed by atoms with E-state index in [2.05, 4.69) is 37.2 Å². The summed E-state index contributed by atoms with van der Waals surface area (Å²) >= 11 is 7.04. The molecule has 4 aromatic rings. The number of aliphatic hydroxyl groups is 1. The standard InChI is InChI=1S/C34H30Br2N2O6/c35-26-9-2-22(3-10-26)19-34(33(40)37-20-23-4-15-29-30(18-23)43-21-42-29)31(24-5-11-27(36)12-6-24)44-32(38-34)25-7-13-28(14-8-25)41-17-1-16-39/h2-15,18,31,39H,1,16-17,19-21H2,(H,37,40)/t31-,34-/m1/s1. The van der Waals surface area contributed by atoms with Gasteiger partial charge in [0, 0.05) is 40.5 Å². The van der Waals surface area contributed by atoms with E-state index in [1.54, 1.807) is 0 Å². The van der Waals surface area contributed by atoms with Gasteiger partial charge in [0.25, 0.3) is 5.91 Å². The van der Waals surface area contributed by atoms with Crippen molar-refractivity contribution in [3.05, 3.63) is 122 Å². The van der Waals surface area contributed by atoms with Crippen molar-refractivity contribution in [3.8, 4) is 17.2 Å². The molecule has 2 N–H and O–H groups in total. The van der Waals surface area contributed by atoms with Gasteiger partial charge in [-0.15, -0.1) is 0 Å². The average Bonchev–Trinajstić information content (AvgIpc) is 3.67. The SMILES string of the molecule is O=C(NCc1ccc2c(c1)OCO2)[C@]1(Cc2ccc(Br)cc2)N=C(c2ccc(OCCCO)cc2)O[C@@H]1c1ccc(Br)cc1. The molecule has 0 bridgehead atoms. The molecule has 0 fully saturated rings. The molecule has 0 saturated carbocycles. The molecule has 0 saturated heterocycles. The van der Waals surface area contributed by atoms with Crippen molar-refractivity contribution in [1.29, 1.82) is 0 Å². The van der Waals surface area contributed by atoms with Crippen molar-refractivity contribution in [2.75, 3.05) is 20.0 Å². The van der Waals surface area contributed by atoms with Gasteiger partial charge in [0.15, 0.2) is 23.1 Å². The van der Waals surface area contributed by atoms with Crippen LogP contribution in [-0.2, 0) is 22.5 Å². The van der Waals surface area contributed by atoms with Gasteiger partial charge in [-0.1, -0.05) is 62.2 Å². The maximum absolute atomic E-state index is 14.5. The van der Waals surface area contributed by atoms with Crippen molar-refractivity contribution in [2.24, 2.45) is 4.99 Å². The molecule has 1 amide bonds. The maximum atomic E-state index is 14.5. The summed E-state index contributed by atoms with van der Waals surface area (Å²) in [4.78, 5) is 19.6. The molecule has 4 aromatic carbocycles. The van der Waals surface area contributed by atoms with Crippen LogP contribution in [0.25, 0.3) is 0 Å². The van der Waals surface area contributed by atoms with E-state index in [-0.39, 0.29) is 25.9 Å². The lowest BCUT2D eigenvalue weighted by Crippen LogP contribution is -2.49. The summed E-state index contributed by atoms with van der Waals surface area (Å²) in [5.41, 5.74) is 2.05. The van der Waals surface area contributed by atoms with Crippen LogP contribution in [0.4, 0.5) is 0 Å². The number of amides is 1. The number of nitrogens with one attached hydrogen (secondary N) is 1. The minimum Gasteiger partial charge on any atom is -0.494 e. The second-order valence-electron chi connectivity index (χ2n) is 10.5. The summed E-state index contributed by atoms with van der Waals surface area (Å²) in [6.45, 7) is 0.937. The van der Waals surface area contributed by atoms with E-state index in [0.717, 1.165) is 31.2 Å². The fourth-order valence-corrected chi connectivity index (χ4v) is 5.75. The normalized spacial score (nSPS) is 18.4. The van der Waals surface area contributed by atoms with E-state index in [1.165, 1.54) is 0 Å². The smallest absolute Gasteiger partial charge is 0.252 e. The number of ether oxygens (including phenoxy) is 4. The molecule has 0 unspecified atom stereocenters. The molecule has 2 aliphatic rings. The lowest BCUT2D eigenvalue weighted by atomic mass is 9.82. The summed E-state index contributed by atoms with van der Waals surface area (Å²) in [6, 6.07) is 28.7. The van der Waals surface area contributed by atoms with Gasteiger partial charge in [-0.2, -0.15) is 0 Å². The van der Waals surface area contributed by atoms with Gasteiger partial charge < -0.3 is 29.4 Å². The first-order valence-electron chi connectivity index (χ1n) is 14.2. The molecule has 0 aliphatic carbocycles. The Hall–Kier alpha value is -3.86. The third-order valence-electron chi connectivity index (χ3n) is 7.48. The molecule has 10 heteroatoms. The molecule has 8 nitrogen and oxygen atoms in total. The number of aliphatic imine (C=N–C) groups is 1. The zero-order chi connectivity index (χ0) is 30.5. The molecule has 44 heavy (non-hydrogen) atoms. The summed E-state index contributed by atoms with van der Waals surface area (Å²) in [5, 5.41) is 12.2. The largest absolute Gasteiger partial charge is 0.494 e. The molecular weight excluding hydrogens is 692 g/mol. The molecule has 0 radical (unpaired) electrons. The molecular formula is C34H30Br2N2O6. The third kappa shape index (κ3) is 6.62. The summed E-state index contributed by atoms with van der Waals surface area (Å²) in [7, 11) is 0. The van der Waals surface area contributed by atoms with Gasteiger partial charge in [0.05, 0.1) is 6.61 Å². The number of hydrogen-bond donors (Lipinski definition) is 2.